The van der Waals surface area contributed by atoms with Crippen LogP contribution < -0.4 is 10.4 Å². The van der Waals surface area contributed by atoms with E-state index in [0.717, 1.165) is 0 Å². The molecule has 0 spiro atoms. The largest absolute Gasteiger partial charge is 0.457 e. The second kappa shape index (κ2) is 10.9. The Morgan fingerprint density at radius 1 is 0.917 bits per heavy atom. The number of hydrogen-bond donors (Lipinski definition) is 1. The summed E-state index contributed by atoms with van der Waals surface area (Å²) in [7, 11) is -4.82. The Bertz CT molecular complexity index is 956. The minimum atomic E-state index is -2.69. The Kier molecular flexibility index (Phi) is 8.73. The van der Waals surface area contributed by atoms with Crippen LogP contribution in [0.1, 0.15) is 54.4 Å². The molecule has 2 aromatic carbocycles. The van der Waals surface area contributed by atoms with Gasteiger partial charge in [0.1, 0.15) is 0 Å². The van der Waals surface area contributed by atoms with E-state index in [1.54, 1.807) is 0 Å². The standard InChI is InChI=1S/C29H44O5Si2/c1-28(2,3)35(7,8)34-25-21-26(31)33-27(25)24(30)19-20-32-36(29(4,5)6,22-15-11-9-12-16-22)23-17-13-10-14-18-23/h9-18,24-25,27,30H,19-21H2,1-8H3/t24-,25+,27+/m1/s1. The van der Waals surface area contributed by atoms with E-state index >= 15 is 0 Å². The molecule has 1 aliphatic heterocycles. The highest BCUT2D eigenvalue weighted by atomic mass is 28.4. The van der Waals surface area contributed by atoms with Crippen molar-refractivity contribution >= 4 is 33.0 Å². The third-order valence-corrected chi connectivity index (χ3v) is 17.3. The normalized spacial score (nSPS) is 20.3. The Hall–Kier alpha value is -1.78. The van der Waals surface area contributed by atoms with Crippen LogP contribution in [0.4, 0.5) is 0 Å². The Morgan fingerprint density at radius 2 is 1.42 bits per heavy atom. The minimum Gasteiger partial charge on any atom is -0.457 e. The van der Waals surface area contributed by atoms with Crippen molar-refractivity contribution in [2.24, 2.45) is 0 Å². The first-order chi connectivity index (χ1) is 16.7. The van der Waals surface area contributed by atoms with Crippen molar-refractivity contribution in [3.63, 3.8) is 0 Å². The lowest BCUT2D eigenvalue weighted by Gasteiger charge is -2.43. The molecule has 0 unspecified atom stereocenters. The fourth-order valence-electron chi connectivity index (χ4n) is 4.81. The molecule has 3 rings (SSSR count). The maximum atomic E-state index is 12.2. The van der Waals surface area contributed by atoms with Gasteiger partial charge in [-0.1, -0.05) is 102 Å². The topological polar surface area (TPSA) is 65.0 Å². The first kappa shape index (κ1) is 28.8. The summed E-state index contributed by atoms with van der Waals surface area (Å²) in [5.41, 5.74) is 0. The quantitative estimate of drug-likeness (QED) is 0.366. The molecule has 5 nitrogen and oxygen atoms in total. The van der Waals surface area contributed by atoms with Crippen molar-refractivity contribution < 1.29 is 23.5 Å². The van der Waals surface area contributed by atoms with Crippen LogP contribution in [0.2, 0.25) is 23.2 Å². The molecule has 0 aromatic heterocycles. The Morgan fingerprint density at radius 3 is 1.86 bits per heavy atom. The van der Waals surface area contributed by atoms with Crippen LogP contribution in [0, 0.1) is 0 Å². The van der Waals surface area contributed by atoms with E-state index in [4.69, 9.17) is 13.6 Å². The molecular weight excluding hydrogens is 484 g/mol. The number of rotatable bonds is 9. The smallest absolute Gasteiger partial charge is 0.308 e. The number of ether oxygens (including phenoxy) is 1. The van der Waals surface area contributed by atoms with Gasteiger partial charge in [-0.05, 0) is 40.0 Å². The summed E-state index contributed by atoms with van der Waals surface area (Å²) < 4.78 is 19.0. The summed E-state index contributed by atoms with van der Waals surface area (Å²) in [6.07, 6.45) is -1.41. The molecule has 3 atom stereocenters. The second-order valence-corrected chi connectivity index (χ2v) is 21.5. The fourth-order valence-corrected chi connectivity index (χ4v) is 10.7. The molecule has 0 radical (unpaired) electrons. The number of aliphatic hydroxyl groups excluding tert-OH is 1. The van der Waals surface area contributed by atoms with Gasteiger partial charge in [-0.15, -0.1) is 0 Å². The van der Waals surface area contributed by atoms with Crippen molar-refractivity contribution in [3.8, 4) is 0 Å². The molecule has 0 saturated carbocycles. The number of cyclic esters (lactones) is 1. The predicted octanol–water partition coefficient (Wildman–Crippen LogP) is 5.02. The summed E-state index contributed by atoms with van der Waals surface area (Å²) in [6.45, 7) is 17.9. The van der Waals surface area contributed by atoms with Crippen molar-refractivity contribution in [2.75, 3.05) is 6.61 Å². The average molecular weight is 529 g/mol. The molecule has 0 aliphatic carbocycles. The molecule has 1 fully saturated rings. The fraction of sp³-hybridized carbons (Fsp3) is 0.552. The van der Waals surface area contributed by atoms with Crippen LogP contribution in [0.3, 0.4) is 0 Å². The van der Waals surface area contributed by atoms with Gasteiger partial charge >= 0.3 is 5.97 Å². The van der Waals surface area contributed by atoms with Gasteiger partial charge in [0.05, 0.1) is 18.6 Å². The number of benzene rings is 2. The van der Waals surface area contributed by atoms with E-state index in [1.807, 2.05) is 12.1 Å². The number of hydrogen-bond acceptors (Lipinski definition) is 5. The van der Waals surface area contributed by atoms with Crippen LogP contribution in [0.5, 0.6) is 0 Å². The van der Waals surface area contributed by atoms with E-state index in [0.29, 0.717) is 13.0 Å². The van der Waals surface area contributed by atoms with Crippen LogP contribution in [0.15, 0.2) is 60.7 Å². The maximum Gasteiger partial charge on any atom is 0.308 e. The molecular formula is C29H44O5Si2. The highest BCUT2D eigenvalue weighted by Crippen LogP contribution is 2.40. The van der Waals surface area contributed by atoms with Crippen molar-refractivity contribution in [2.45, 2.75) is 95.9 Å². The Balaban J connectivity index is 1.82. The van der Waals surface area contributed by atoms with E-state index in [9.17, 15) is 9.90 Å². The van der Waals surface area contributed by atoms with Crippen LogP contribution in [-0.2, 0) is 18.4 Å². The SMILES string of the molecule is CC(C)(C)[Si](C)(C)O[C@H]1CC(=O)O[C@H]1[C@H](O)CCO[Si](c1ccccc1)(c1ccccc1)C(C)(C)C. The summed E-state index contributed by atoms with van der Waals surface area (Å²) >= 11 is 0. The molecule has 36 heavy (non-hydrogen) atoms. The van der Waals surface area contributed by atoms with E-state index in [2.05, 4.69) is 103 Å². The van der Waals surface area contributed by atoms with Crippen LogP contribution >= 0.6 is 0 Å². The molecule has 1 N–H and O–H groups in total. The number of esters is 1. The van der Waals surface area contributed by atoms with Gasteiger partial charge in [-0.2, -0.15) is 0 Å². The summed E-state index contributed by atoms with van der Waals surface area (Å²) in [5, 5.41) is 13.4. The number of aliphatic hydroxyl groups is 1. The lowest BCUT2D eigenvalue weighted by molar-refractivity contribution is -0.146. The maximum absolute atomic E-state index is 12.2. The molecule has 1 aliphatic rings. The van der Waals surface area contributed by atoms with Gasteiger partial charge in [0.15, 0.2) is 14.4 Å². The van der Waals surface area contributed by atoms with Gasteiger partial charge in [-0.25, -0.2) is 0 Å². The predicted molar refractivity (Wildman–Crippen MR) is 151 cm³/mol. The molecule has 0 bridgehead atoms. The summed E-state index contributed by atoms with van der Waals surface area (Å²) in [6, 6.07) is 20.9. The zero-order valence-corrected chi connectivity index (χ0v) is 25.2. The van der Waals surface area contributed by atoms with E-state index < -0.39 is 34.9 Å². The first-order valence-electron chi connectivity index (χ1n) is 13.0. The van der Waals surface area contributed by atoms with Gasteiger partial charge in [-0.3, -0.25) is 4.79 Å². The highest BCUT2D eigenvalue weighted by molar-refractivity contribution is 6.99. The van der Waals surface area contributed by atoms with Crippen molar-refractivity contribution in [1.29, 1.82) is 0 Å². The third kappa shape index (κ3) is 6.02. The lowest BCUT2D eigenvalue weighted by Crippen LogP contribution is -2.66. The molecule has 1 saturated heterocycles. The van der Waals surface area contributed by atoms with E-state index in [-0.39, 0.29) is 22.5 Å². The Labute approximate surface area is 219 Å². The number of carbonyl (C=O) groups excluding carboxylic acids is 1. The number of carbonyl (C=O) groups is 1. The van der Waals surface area contributed by atoms with Gasteiger partial charge in [0.2, 0.25) is 0 Å². The van der Waals surface area contributed by atoms with Crippen LogP contribution in [-0.4, -0.2) is 52.6 Å². The van der Waals surface area contributed by atoms with Gasteiger partial charge in [0.25, 0.3) is 8.32 Å². The molecule has 198 valence electrons. The van der Waals surface area contributed by atoms with Gasteiger partial charge < -0.3 is 18.7 Å². The summed E-state index contributed by atoms with van der Waals surface area (Å²) in [4.78, 5) is 12.2. The van der Waals surface area contributed by atoms with Gasteiger partial charge in [0, 0.05) is 6.61 Å². The average Bonchev–Trinajstić information content (AvgIpc) is 3.15. The van der Waals surface area contributed by atoms with Crippen molar-refractivity contribution in [1.82, 2.24) is 0 Å². The zero-order chi connectivity index (χ0) is 26.8. The monoisotopic (exact) mass is 528 g/mol. The van der Waals surface area contributed by atoms with Crippen LogP contribution in [0.25, 0.3) is 0 Å². The van der Waals surface area contributed by atoms with E-state index in [1.165, 1.54) is 10.4 Å². The molecule has 2 aromatic rings. The second-order valence-electron chi connectivity index (χ2n) is 12.4. The molecule has 7 heteroatoms. The summed E-state index contributed by atoms with van der Waals surface area (Å²) in [5.74, 6) is -0.310. The zero-order valence-electron chi connectivity index (χ0n) is 23.2. The minimum absolute atomic E-state index is 0.000526. The first-order valence-corrected chi connectivity index (χ1v) is 17.8. The lowest BCUT2D eigenvalue weighted by atomic mass is 10.1. The van der Waals surface area contributed by atoms with Crippen molar-refractivity contribution in [3.05, 3.63) is 60.7 Å². The third-order valence-electron chi connectivity index (χ3n) is 7.78. The molecule has 0 amide bonds. The molecule has 1 heterocycles. The highest BCUT2D eigenvalue weighted by Gasteiger charge is 2.51.